The fourth-order valence-electron chi connectivity index (χ4n) is 1.22. The van der Waals surface area contributed by atoms with Gasteiger partial charge in [-0.05, 0) is 24.7 Å². The normalized spacial score (nSPS) is 10.8. The molecule has 12 heavy (non-hydrogen) atoms. The van der Waals surface area contributed by atoms with E-state index < -0.39 is 0 Å². The molecule has 1 aromatic carbocycles. The second-order valence-electron chi connectivity index (χ2n) is 2.68. The third kappa shape index (κ3) is 1.33. The Morgan fingerprint density at radius 1 is 1.50 bits per heavy atom. The van der Waals surface area contributed by atoms with Gasteiger partial charge in [0.2, 0.25) is 0 Å². The molecule has 2 rings (SSSR count). The van der Waals surface area contributed by atoms with Crippen molar-refractivity contribution >= 4 is 21.6 Å². The van der Waals surface area contributed by atoms with Gasteiger partial charge in [0, 0.05) is 6.54 Å². The number of thiazole rings is 1. The highest BCUT2D eigenvalue weighted by atomic mass is 32.1. The maximum absolute atomic E-state index is 4.25. The van der Waals surface area contributed by atoms with Crippen LogP contribution in [0, 0.1) is 0 Å². The van der Waals surface area contributed by atoms with Gasteiger partial charge >= 0.3 is 0 Å². The van der Waals surface area contributed by atoms with Gasteiger partial charge in [-0.1, -0.05) is 6.07 Å². The van der Waals surface area contributed by atoms with E-state index in [1.807, 2.05) is 12.6 Å². The monoisotopic (exact) mass is 178 g/mol. The molecule has 1 N–H and O–H groups in total. The van der Waals surface area contributed by atoms with Crippen molar-refractivity contribution in [2.45, 2.75) is 6.54 Å². The van der Waals surface area contributed by atoms with Crippen LogP contribution in [0.25, 0.3) is 10.2 Å². The van der Waals surface area contributed by atoms with Gasteiger partial charge in [-0.2, -0.15) is 0 Å². The topological polar surface area (TPSA) is 24.9 Å². The number of nitrogens with zero attached hydrogens (tertiary/aromatic N) is 1. The molecule has 2 nitrogen and oxygen atoms in total. The third-order valence-electron chi connectivity index (χ3n) is 1.78. The van der Waals surface area contributed by atoms with Crippen molar-refractivity contribution in [1.82, 2.24) is 10.3 Å². The number of hydrogen-bond acceptors (Lipinski definition) is 3. The fourth-order valence-corrected chi connectivity index (χ4v) is 1.88. The van der Waals surface area contributed by atoms with Crippen LogP contribution in [0.2, 0.25) is 0 Å². The molecule has 0 saturated heterocycles. The lowest BCUT2D eigenvalue weighted by Gasteiger charge is -1.98. The zero-order chi connectivity index (χ0) is 8.39. The molecule has 0 atom stereocenters. The highest BCUT2D eigenvalue weighted by Gasteiger charge is 1.96. The van der Waals surface area contributed by atoms with Gasteiger partial charge in [-0.3, -0.25) is 0 Å². The Labute approximate surface area is 75.3 Å². The van der Waals surface area contributed by atoms with Crippen LogP contribution in [-0.2, 0) is 6.54 Å². The Morgan fingerprint density at radius 2 is 2.42 bits per heavy atom. The molecule has 0 aliphatic heterocycles. The minimum Gasteiger partial charge on any atom is -0.316 e. The minimum atomic E-state index is 0.910. The van der Waals surface area contributed by atoms with Gasteiger partial charge in [0.05, 0.1) is 15.7 Å². The molecule has 3 heteroatoms. The maximum Gasteiger partial charge on any atom is 0.0815 e. The van der Waals surface area contributed by atoms with Crippen LogP contribution < -0.4 is 5.32 Å². The lowest BCUT2D eigenvalue weighted by molar-refractivity contribution is 0.819. The van der Waals surface area contributed by atoms with Gasteiger partial charge < -0.3 is 5.32 Å². The second kappa shape index (κ2) is 3.21. The molecule has 0 amide bonds. The first kappa shape index (κ1) is 7.71. The van der Waals surface area contributed by atoms with Crippen molar-refractivity contribution in [2.24, 2.45) is 0 Å². The van der Waals surface area contributed by atoms with E-state index >= 15 is 0 Å². The zero-order valence-corrected chi connectivity index (χ0v) is 7.69. The third-order valence-corrected chi connectivity index (χ3v) is 2.59. The largest absolute Gasteiger partial charge is 0.316 e. The summed E-state index contributed by atoms with van der Waals surface area (Å²) in [6.45, 7) is 0.910. The number of rotatable bonds is 2. The number of hydrogen-bond donors (Lipinski definition) is 1. The van der Waals surface area contributed by atoms with E-state index in [2.05, 4.69) is 28.5 Å². The first-order chi connectivity index (χ1) is 5.90. The number of benzene rings is 1. The fraction of sp³-hybridized carbons (Fsp3) is 0.222. The Balaban J connectivity index is 2.46. The first-order valence-corrected chi connectivity index (χ1v) is 4.75. The van der Waals surface area contributed by atoms with Crippen molar-refractivity contribution in [2.75, 3.05) is 7.05 Å². The predicted molar refractivity (Wildman–Crippen MR) is 52.4 cm³/mol. The summed E-state index contributed by atoms with van der Waals surface area (Å²) in [5.41, 5.74) is 4.28. The minimum absolute atomic E-state index is 0.910. The van der Waals surface area contributed by atoms with Crippen molar-refractivity contribution in [1.29, 1.82) is 0 Å². The van der Waals surface area contributed by atoms with E-state index in [0.717, 1.165) is 12.1 Å². The van der Waals surface area contributed by atoms with Crippen LogP contribution in [-0.4, -0.2) is 12.0 Å². The van der Waals surface area contributed by atoms with E-state index in [-0.39, 0.29) is 0 Å². The molecule has 1 heterocycles. The molecule has 0 unspecified atom stereocenters. The summed E-state index contributed by atoms with van der Waals surface area (Å²) in [7, 11) is 1.95. The summed E-state index contributed by atoms with van der Waals surface area (Å²) in [6.07, 6.45) is 0. The van der Waals surface area contributed by atoms with Crippen LogP contribution in [0.15, 0.2) is 23.7 Å². The Morgan fingerprint density at radius 3 is 3.25 bits per heavy atom. The Hall–Kier alpha value is -0.930. The van der Waals surface area contributed by atoms with E-state index in [1.165, 1.54) is 10.3 Å². The van der Waals surface area contributed by atoms with E-state index in [1.54, 1.807) is 11.3 Å². The van der Waals surface area contributed by atoms with Crippen LogP contribution in [0.3, 0.4) is 0 Å². The average Bonchev–Trinajstić information content (AvgIpc) is 2.51. The highest BCUT2D eigenvalue weighted by molar-refractivity contribution is 7.16. The molecular weight excluding hydrogens is 168 g/mol. The van der Waals surface area contributed by atoms with Crippen LogP contribution in [0.4, 0.5) is 0 Å². The molecule has 0 fully saturated rings. The highest BCUT2D eigenvalue weighted by Crippen LogP contribution is 2.18. The molecule has 0 bridgehead atoms. The van der Waals surface area contributed by atoms with Crippen LogP contribution >= 0.6 is 11.3 Å². The lowest BCUT2D eigenvalue weighted by atomic mass is 10.2. The summed E-state index contributed by atoms with van der Waals surface area (Å²) in [6, 6.07) is 6.39. The Kier molecular flexibility index (Phi) is 2.06. The van der Waals surface area contributed by atoms with E-state index in [9.17, 15) is 0 Å². The van der Waals surface area contributed by atoms with Gasteiger partial charge in [0.1, 0.15) is 0 Å². The molecule has 0 spiro atoms. The molecular formula is C9H10N2S. The maximum atomic E-state index is 4.25. The summed E-state index contributed by atoms with van der Waals surface area (Å²) in [5, 5.41) is 3.12. The van der Waals surface area contributed by atoms with E-state index in [0.29, 0.717) is 0 Å². The summed E-state index contributed by atoms with van der Waals surface area (Å²) < 4.78 is 1.26. The van der Waals surface area contributed by atoms with Gasteiger partial charge in [-0.15, -0.1) is 11.3 Å². The van der Waals surface area contributed by atoms with Crippen molar-refractivity contribution in [3.05, 3.63) is 29.3 Å². The van der Waals surface area contributed by atoms with Crippen LogP contribution in [0.1, 0.15) is 5.56 Å². The number of nitrogens with one attached hydrogen (secondary N) is 1. The van der Waals surface area contributed by atoms with E-state index in [4.69, 9.17) is 0 Å². The SMILES string of the molecule is CNCc1ccc2scnc2c1. The summed E-state index contributed by atoms with van der Waals surface area (Å²) in [5.74, 6) is 0. The predicted octanol–water partition coefficient (Wildman–Crippen LogP) is 2.02. The first-order valence-electron chi connectivity index (χ1n) is 3.87. The number of fused-ring (bicyclic) bond motifs is 1. The van der Waals surface area contributed by atoms with Gasteiger partial charge in [-0.25, -0.2) is 4.98 Å². The molecule has 0 aliphatic rings. The van der Waals surface area contributed by atoms with Gasteiger partial charge in [0.25, 0.3) is 0 Å². The standard InChI is InChI=1S/C9H10N2S/c1-10-5-7-2-3-9-8(4-7)11-6-12-9/h2-4,6,10H,5H2,1H3. The molecule has 0 aliphatic carbocycles. The summed E-state index contributed by atoms with van der Waals surface area (Å²) in [4.78, 5) is 4.25. The second-order valence-corrected chi connectivity index (χ2v) is 3.57. The zero-order valence-electron chi connectivity index (χ0n) is 6.87. The smallest absolute Gasteiger partial charge is 0.0815 e. The molecule has 1 aromatic heterocycles. The quantitative estimate of drug-likeness (QED) is 0.761. The lowest BCUT2D eigenvalue weighted by Crippen LogP contribution is -2.04. The van der Waals surface area contributed by atoms with Gasteiger partial charge in [0.15, 0.2) is 0 Å². The molecule has 0 radical (unpaired) electrons. The molecule has 62 valence electrons. The van der Waals surface area contributed by atoms with Crippen LogP contribution in [0.5, 0.6) is 0 Å². The van der Waals surface area contributed by atoms with Crippen molar-refractivity contribution in [3.8, 4) is 0 Å². The summed E-state index contributed by atoms with van der Waals surface area (Å²) >= 11 is 1.68. The molecule has 2 aromatic rings. The average molecular weight is 178 g/mol. The molecule has 0 saturated carbocycles. The van der Waals surface area contributed by atoms with Crippen molar-refractivity contribution < 1.29 is 0 Å². The Bertz CT molecular complexity index is 381. The van der Waals surface area contributed by atoms with Crippen molar-refractivity contribution in [3.63, 3.8) is 0 Å². The number of aromatic nitrogens is 1.